The molecule has 0 bridgehead atoms. The lowest BCUT2D eigenvalue weighted by Gasteiger charge is -2.13. The number of imide groups is 1. The summed E-state index contributed by atoms with van der Waals surface area (Å²) in [5.74, 6) is 0.271. The first-order valence-corrected chi connectivity index (χ1v) is 9.65. The zero-order valence-corrected chi connectivity index (χ0v) is 16.8. The third kappa shape index (κ3) is 4.97. The van der Waals surface area contributed by atoms with E-state index < -0.39 is 0 Å². The van der Waals surface area contributed by atoms with Gasteiger partial charge >= 0.3 is 0 Å². The standard InChI is InChI=1S/C21H20N2O5S/c1-27-16-11-15(12-17(13-16)28-2)19(24)22-8-9-23-20(25)18(29-21(23)26)10-14-6-4-3-5-7-14/h3-7,10-13H,8-9H2,1-2H3,(H,22,24)/b18-10-. The summed E-state index contributed by atoms with van der Waals surface area (Å²) in [5, 5.41) is 2.36. The number of amides is 3. The number of hydrogen-bond donors (Lipinski definition) is 1. The summed E-state index contributed by atoms with van der Waals surface area (Å²) in [5.41, 5.74) is 1.21. The van der Waals surface area contributed by atoms with Crippen LogP contribution in [0.4, 0.5) is 4.79 Å². The predicted molar refractivity (Wildman–Crippen MR) is 111 cm³/mol. The Morgan fingerprint density at radius 2 is 1.72 bits per heavy atom. The summed E-state index contributed by atoms with van der Waals surface area (Å²) in [6, 6.07) is 14.1. The minimum atomic E-state index is -0.360. The highest BCUT2D eigenvalue weighted by atomic mass is 32.2. The SMILES string of the molecule is COc1cc(OC)cc(C(=O)NCCN2C(=O)S/C(=C\c3ccccc3)C2=O)c1. The van der Waals surface area contributed by atoms with Crippen LogP contribution in [0.25, 0.3) is 6.08 Å². The quantitative estimate of drug-likeness (QED) is 0.703. The Kier molecular flexibility index (Phi) is 6.56. The van der Waals surface area contributed by atoms with Crippen molar-refractivity contribution in [2.75, 3.05) is 27.3 Å². The van der Waals surface area contributed by atoms with E-state index in [0.717, 1.165) is 22.2 Å². The molecule has 150 valence electrons. The van der Waals surface area contributed by atoms with E-state index in [2.05, 4.69) is 5.32 Å². The van der Waals surface area contributed by atoms with Gasteiger partial charge in [-0.25, -0.2) is 0 Å². The number of hydrogen-bond acceptors (Lipinski definition) is 6. The van der Waals surface area contributed by atoms with Crippen LogP contribution in [0.2, 0.25) is 0 Å². The molecule has 1 saturated heterocycles. The van der Waals surface area contributed by atoms with E-state index in [9.17, 15) is 14.4 Å². The molecule has 1 aliphatic rings. The van der Waals surface area contributed by atoms with Crippen molar-refractivity contribution in [1.82, 2.24) is 10.2 Å². The van der Waals surface area contributed by atoms with E-state index in [1.54, 1.807) is 24.3 Å². The van der Waals surface area contributed by atoms with Crippen LogP contribution in [0.1, 0.15) is 15.9 Å². The van der Waals surface area contributed by atoms with Gasteiger partial charge in [0.25, 0.3) is 17.1 Å². The molecule has 0 radical (unpaired) electrons. The van der Waals surface area contributed by atoms with E-state index in [1.807, 2.05) is 30.3 Å². The Morgan fingerprint density at radius 3 is 2.34 bits per heavy atom. The van der Waals surface area contributed by atoms with E-state index in [1.165, 1.54) is 14.2 Å². The smallest absolute Gasteiger partial charge is 0.293 e. The number of carbonyl (C=O) groups excluding carboxylic acids is 3. The highest BCUT2D eigenvalue weighted by Gasteiger charge is 2.34. The Bertz CT molecular complexity index is 937. The molecular weight excluding hydrogens is 392 g/mol. The molecule has 1 heterocycles. The van der Waals surface area contributed by atoms with Crippen LogP contribution >= 0.6 is 11.8 Å². The predicted octanol–water partition coefficient (Wildman–Crippen LogP) is 3.17. The zero-order valence-electron chi connectivity index (χ0n) is 16.0. The summed E-state index contributed by atoms with van der Waals surface area (Å²) in [4.78, 5) is 38.6. The van der Waals surface area contributed by atoms with E-state index in [4.69, 9.17) is 9.47 Å². The van der Waals surface area contributed by atoms with Gasteiger partial charge in [-0.05, 0) is 35.5 Å². The molecular formula is C21H20N2O5S. The average molecular weight is 412 g/mol. The molecule has 0 atom stereocenters. The zero-order chi connectivity index (χ0) is 20.8. The molecule has 0 saturated carbocycles. The molecule has 2 aromatic rings. The van der Waals surface area contributed by atoms with Gasteiger partial charge in [0.1, 0.15) is 11.5 Å². The normalized spacial score (nSPS) is 15.0. The molecule has 0 spiro atoms. The average Bonchev–Trinajstić information content (AvgIpc) is 3.01. The van der Waals surface area contributed by atoms with Gasteiger partial charge in [0.05, 0.1) is 19.1 Å². The lowest BCUT2D eigenvalue weighted by atomic mass is 10.2. The van der Waals surface area contributed by atoms with Crippen LogP contribution in [-0.4, -0.2) is 49.3 Å². The van der Waals surface area contributed by atoms with Crippen molar-refractivity contribution >= 4 is 34.9 Å². The topological polar surface area (TPSA) is 84.9 Å². The highest BCUT2D eigenvalue weighted by Crippen LogP contribution is 2.31. The number of ether oxygens (including phenoxy) is 2. The maximum atomic E-state index is 12.5. The number of carbonyl (C=O) groups is 3. The van der Waals surface area contributed by atoms with Gasteiger partial charge in [-0.3, -0.25) is 19.3 Å². The number of benzene rings is 2. The third-order valence-electron chi connectivity index (χ3n) is 4.21. The fraction of sp³-hybridized carbons (Fsp3) is 0.190. The maximum absolute atomic E-state index is 12.5. The number of nitrogens with one attached hydrogen (secondary N) is 1. The van der Waals surface area contributed by atoms with Crippen LogP contribution in [0.15, 0.2) is 53.4 Å². The van der Waals surface area contributed by atoms with E-state index in [0.29, 0.717) is 22.0 Å². The van der Waals surface area contributed by atoms with Gasteiger partial charge in [0.2, 0.25) is 0 Å². The summed E-state index contributed by atoms with van der Waals surface area (Å²) in [6.07, 6.45) is 1.69. The van der Waals surface area contributed by atoms with Crippen molar-refractivity contribution in [2.24, 2.45) is 0 Å². The summed E-state index contributed by atoms with van der Waals surface area (Å²) in [6.45, 7) is 0.221. The maximum Gasteiger partial charge on any atom is 0.293 e. The number of rotatable bonds is 7. The molecule has 1 fully saturated rings. The second-order valence-electron chi connectivity index (χ2n) is 6.10. The van der Waals surface area contributed by atoms with Gasteiger partial charge in [-0.2, -0.15) is 0 Å². The highest BCUT2D eigenvalue weighted by molar-refractivity contribution is 8.18. The van der Waals surface area contributed by atoms with Crippen LogP contribution in [0.5, 0.6) is 11.5 Å². The van der Waals surface area contributed by atoms with Crippen molar-refractivity contribution in [3.63, 3.8) is 0 Å². The van der Waals surface area contributed by atoms with E-state index in [-0.39, 0.29) is 30.1 Å². The van der Waals surface area contributed by atoms with Crippen molar-refractivity contribution in [1.29, 1.82) is 0 Å². The fourth-order valence-corrected chi connectivity index (χ4v) is 3.58. The molecule has 1 N–H and O–H groups in total. The van der Waals surface area contributed by atoms with Crippen LogP contribution in [0, 0.1) is 0 Å². The first-order valence-electron chi connectivity index (χ1n) is 8.83. The Labute approximate surface area is 172 Å². The molecule has 29 heavy (non-hydrogen) atoms. The molecule has 0 aliphatic carbocycles. The third-order valence-corrected chi connectivity index (χ3v) is 5.11. The Balaban J connectivity index is 1.60. The molecule has 0 aromatic heterocycles. The lowest BCUT2D eigenvalue weighted by Crippen LogP contribution is -2.37. The van der Waals surface area contributed by atoms with Crippen molar-refractivity contribution < 1.29 is 23.9 Å². The number of methoxy groups -OCH3 is 2. The first-order chi connectivity index (χ1) is 14.0. The van der Waals surface area contributed by atoms with Gasteiger partial charge in [-0.15, -0.1) is 0 Å². The Morgan fingerprint density at radius 1 is 1.07 bits per heavy atom. The molecule has 1 aliphatic heterocycles. The van der Waals surface area contributed by atoms with Gasteiger partial charge in [0.15, 0.2) is 0 Å². The largest absolute Gasteiger partial charge is 0.497 e. The van der Waals surface area contributed by atoms with Gasteiger partial charge < -0.3 is 14.8 Å². The van der Waals surface area contributed by atoms with Crippen molar-refractivity contribution in [3.8, 4) is 11.5 Å². The second kappa shape index (κ2) is 9.29. The minimum Gasteiger partial charge on any atom is -0.497 e. The monoisotopic (exact) mass is 412 g/mol. The van der Waals surface area contributed by atoms with Crippen LogP contribution in [0.3, 0.4) is 0 Å². The second-order valence-corrected chi connectivity index (χ2v) is 7.09. The molecule has 3 amide bonds. The Hall–Kier alpha value is -3.26. The van der Waals surface area contributed by atoms with Crippen LogP contribution < -0.4 is 14.8 Å². The summed E-state index contributed by atoms with van der Waals surface area (Å²) in [7, 11) is 3.00. The van der Waals surface area contributed by atoms with Crippen molar-refractivity contribution in [2.45, 2.75) is 0 Å². The van der Waals surface area contributed by atoms with Crippen molar-refractivity contribution in [3.05, 3.63) is 64.6 Å². The summed E-state index contributed by atoms with van der Waals surface area (Å²) < 4.78 is 10.3. The molecule has 8 heteroatoms. The van der Waals surface area contributed by atoms with Gasteiger partial charge in [0, 0.05) is 24.7 Å². The molecule has 3 rings (SSSR count). The number of nitrogens with zero attached hydrogens (tertiary/aromatic N) is 1. The molecule has 7 nitrogen and oxygen atoms in total. The number of thioether (sulfide) groups is 1. The van der Waals surface area contributed by atoms with E-state index >= 15 is 0 Å². The molecule has 2 aromatic carbocycles. The summed E-state index contributed by atoms with van der Waals surface area (Å²) >= 11 is 0.894. The van der Waals surface area contributed by atoms with Gasteiger partial charge in [-0.1, -0.05) is 30.3 Å². The molecule has 0 unspecified atom stereocenters. The van der Waals surface area contributed by atoms with Crippen LogP contribution in [-0.2, 0) is 4.79 Å². The lowest BCUT2D eigenvalue weighted by molar-refractivity contribution is -0.122. The minimum absolute atomic E-state index is 0.0869. The fourth-order valence-electron chi connectivity index (χ4n) is 2.72. The first kappa shape index (κ1) is 20.5.